The number of hydrogen-bond donors (Lipinski definition) is 1. The number of rotatable bonds is 5. The third-order valence-electron chi connectivity index (χ3n) is 4.35. The lowest BCUT2D eigenvalue weighted by atomic mass is 10.1. The molecule has 0 aliphatic carbocycles. The van der Waals surface area contributed by atoms with Crippen molar-refractivity contribution < 1.29 is 37.0 Å². The first-order valence-corrected chi connectivity index (χ1v) is 8.81. The van der Waals surface area contributed by atoms with Gasteiger partial charge in [-0.1, -0.05) is 6.07 Å². The number of hydrogen-bond acceptors (Lipinski definition) is 5. The maximum absolute atomic E-state index is 12.7. The molecular formula is C20H17F3N2O5. The molecule has 1 unspecified atom stereocenters. The van der Waals surface area contributed by atoms with Gasteiger partial charge in [-0.25, -0.2) is 0 Å². The Morgan fingerprint density at radius 1 is 1.20 bits per heavy atom. The van der Waals surface area contributed by atoms with Gasteiger partial charge in [-0.2, -0.15) is 0 Å². The lowest BCUT2D eigenvalue weighted by Crippen LogP contribution is -2.49. The van der Waals surface area contributed by atoms with Gasteiger partial charge < -0.3 is 14.8 Å². The molecule has 0 fully saturated rings. The molecule has 0 bridgehead atoms. The molecule has 1 aliphatic heterocycles. The number of carbonyl (C=O) groups is 3. The fourth-order valence-corrected chi connectivity index (χ4v) is 2.95. The van der Waals surface area contributed by atoms with Gasteiger partial charge in [0.25, 0.3) is 5.91 Å². The minimum absolute atomic E-state index is 0.0621. The predicted octanol–water partition coefficient (Wildman–Crippen LogP) is 3.54. The minimum atomic E-state index is -4.87. The average molecular weight is 422 g/mol. The molecule has 0 aromatic heterocycles. The summed E-state index contributed by atoms with van der Waals surface area (Å²) in [5.74, 6) is -1.53. The second-order valence-electron chi connectivity index (χ2n) is 6.53. The maximum atomic E-state index is 12.7. The van der Waals surface area contributed by atoms with E-state index in [9.17, 15) is 27.6 Å². The van der Waals surface area contributed by atoms with Gasteiger partial charge in [0.2, 0.25) is 5.91 Å². The van der Waals surface area contributed by atoms with E-state index in [-0.39, 0.29) is 23.8 Å². The summed E-state index contributed by atoms with van der Waals surface area (Å²) in [4.78, 5) is 38.0. The van der Waals surface area contributed by atoms with Crippen LogP contribution in [0.5, 0.6) is 11.5 Å². The van der Waals surface area contributed by atoms with Crippen LogP contribution in [0.15, 0.2) is 42.5 Å². The molecule has 1 atom stereocenters. The van der Waals surface area contributed by atoms with Crippen molar-refractivity contribution in [1.29, 1.82) is 0 Å². The predicted molar refractivity (Wildman–Crippen MR) is 101 cm³/mol. The molecule has 1 aliphatic rings. The highest BCUT2D eigenvalue weighted by Gasteiger charge is 2.34. The number of halogens is 3. The number of alkyl halides is 3. The van der Waals surface area contributed by atoms with Crippen molar-refractivity contribution in [3.05, 3.63) is 48.0 Å². The molecule has 2 amide bonds. The van der Waals surface area contributed by atoms with E-state index >= 15 is 0 Å². The topological polar surface area (TPSA) is 84.9 Å². The third-order valence-corrected chi connectivity index (χ3v) is 4.35. The van der Waals surface area contributed by atoms with Crippen molar-refractivity contribution in [3.63, 3.8) is 0 Å². The second kappa shape index (κ2) is 8.05. The highest BCUT2D eigenvalue weighted by Crippen LogP contribution is 2.35. The van der Waals surface area contributed by atoms with Gasteiger partial charge in [-0.15, -0.1) is 13.2 Å². The summed E-state index contributed by atoms with van der Waals surface area (Å²) in [6.45, 7) is 2.53. The summed E-state index contributed by atoms with van der Waals surface area (Å²) in [5, 5.41) is 2.47. The summed E-state index contributed by atoms with van der Waals surface area (Å²) in [5.41, 5.74) is 0.657. The van der Waals surface area contributed by atoms with Gasteiger partial charge >= 0.3 is 6.36 Å². The highest BCUT2D eigenvalue weighted by molar-refractivity contribution is 6.07. The Kier molecular flexibility index (Phi) is 5.68. The summed E-state index contributed by atoms with van der Waals surface area (Å²) in [7, 11) is 0. The normalized spacial score (nSPS) is 14.4. The molecule has 30 heavy (non-hydrogen) atoms. The maximum Gasteiger partial charge on any atom is 0.573 e. The average Bonchev–Trinajstić information content (AvgIpc) is 2.65. The summed E-state index contributed by atoms with van der Waals surface area (Å²) >= 11 is 0. The molecule has 0 spiro atoms. The molecule has 158 valence electrons. The number of amides is 2. The van der Waals surface area contributed by atoms with Gasteiger partial charge in [0.1, 0.15) is 17.5 Å². The van der Waals surface area contributed by atoms with Crippen molar-refractivity contribution in [3.8, 4) is 11.5 Å². The van der Waals surface area contributed by atoms with Crippen LogP contribution in [-0.2, 0) is 9.59 Å². The van der Waals surface area contributed by atoms with E-state index in [1.165, 1.54) is 43.0 Å². The lowest BCUT2D eigenvalue weighted by Gasteiger charge is -2.33. The van der Waals surface area contributed by atoms with Gasteiger partial charge in [-0.3, -0.25) is 19.3 Å². The van der Waals surface area contributed by atoms with Crippen LogP contribution in [0.1, 0.15) is 24.2 Å². The molecule has 0 radical (unpaired) electrons. The Labute approximate surface area is 169 Å². The van der Waals surface area contributed by atoms with Gasteiger partial charge in [0.05, 0.1) is 5.69 Å². The van der Waals surface area contributed by atoms with Crippen molar-refractivity contribution >= 4 is 29.0 Å². The number of nitrogens with one attached hydrogen (secondary N) is 1. The number of carbonyl (C=O) groups excluding carboxylic acids is 3. The second-order valence-corrected chi connectivity index (χ2v) is 6.53. The number of nitrogens with zero attached hydrogens (tertiary/aromatic N) is 1. The summed E-state index contributed by atoms with van der Waals surface area (Å²) < 4.78 is 46.4. The lowest BCUT2D eigenvalue weighted by molar-refractivity contribution is -0.274. The largest absolute Gasteiger partial charge is 0.573 e. The van der Waals surface area contributed by atoms with Gasteiger partial charge in [0.15, 0.2) is 12.4 Å². The van der Waals surface area contributed by atoms with Crippen LogP contribution in [0, 0.1) is 0 Å². The Balaban J connectivity index is 1.83. The number of anilines is 2. The number of Topliss-reactive ketones (excluding diaryl/α,β-unsaturated/α-hetero) is 1. The third kappa shape index (κ3) is 4.70. The number of benzene rings is 2. The summed E-state index contributed by atoms with van der Waals surface area (Å²) in [6, 6.07) is 8.29. The molecule has 0 saturated carbocycles. The van der Waals surface area contributed by atoms with Crippen LogP contribution >= 0.6 is 0 Å². The van der Waals surface area contributed by atoms with Crippen LogP contribution < -0.4 is 19.7 Å². The molecule has 1 heterocycles. The summed E-state index contributed by atoms with van der Waals surface area (Å²) in [6.07, 6.45) is -4.87. The Morgan fingerprint density at radius 2 is 1.93 bits per heavy atom. The zero-order chi connectivity index (χ0) is 22.1. The first kappa shape index (κ1) is 21.2. The van der Waals surface area contributed by atoms with Crippen molar-refractivity contribution in [2.24, 2.45) is 0 Å². The van der Waals surface area contributed by atoms with E-state index in [1.54, 1.807) is 6.07 Å². The minimum Gasteiger partial charge on any atom is -0.482 e. The monoisotopic (exact) mass is 422 g/mol. The Hall–Kier alpha value is -3.56. The molecule has 10 heteroatoms. The quantitative estimate of drug-likeness (QED) is 0.745. The van der Waals surface area contributed by atoms with Crippen molar-refractivity contribution in [2.45, 2.75) is 26.3 Å². The van der Waals surface area contributed by atoms with Gasteiger partial charge in [0, 0.05) is 17.3 Å². The van der Waals surface area contributed by atoms with E-state index in [2.05, 4.69) is 10.1 Å². The number of ketones is 1. The fourth-order valence-electron chi connectivity index (χ4n) is 2.95. The van der Waals surface area contributed by atoms with Crippen LogP contribution in [-0.4, -0.2) is 36.6 Å². The van der Waals surface area contributed by atoms with Crippen molar-refractivity contribution in [2.75, 3.05) is 16.8 Å². The number of ether oxygens (including phenoxy) is 2. The molecule has 0 saturated heterocycles. The van der Waals surface area contributed by atoms with E-state index in [1.807, 2.05) is 0 Å². The van der Waals surface area contributed by atoms with E-state index in [0.717, 1.165) is 12.1 Å². The molecular weight excluding hydrogens is 405 g/mol. The molecule has 2 aromatic rings. The molecule has 7 nitrogen and oxygen atoms in total. The SMILES string of the molecule is CC(=O)c1ccc2c(c1)N(C(C)C(=O)Nc1cccc(OC(F)(F)F)c1)C(=O)CO2. The van der Waals surface area contributed by atoms with Crippen LogP contribution in [0.25, 0.3) is 0 Å². The smallest absolute Gasteiger partial charge is 0.482 e. The van der Waals surface area contributed by atoms with Crippen LogP contribution in [0.2, 0.25) is 0 Å². The Bertz CT molecular complexity index is 1010. The zero-order valence-electron chi connectivity index (χ0n) is 15.9. The van der Waals surface area contributed by atoms with Crippen LogP contribution in [0.3, 0.4) is 0 Å². The first-order chi connectivity index (χ1) is 14.0. The molecule has 1 N–H and O–H groups in total. The molecule has 3 rings (SSSR count). The van der Waals surface area contributed by atoms with Gasteiger partial charge in [-0.05, 0) is 44.2 Å². The fraction of sp³-hybridized carbons (Fsp3) is 0.250. The van der Waals surface area contributed by atoms with E-state index in [0.29, 0.717) is 11.3 Å². The van der Waals surface area contributed by atoms with E-state index < -0.39 is 30.0 Å². The zero-order valence-corrected chi connectivity index (χ0v) is 15.9. The first-order valence-electron chi connectivity index (χ1n) is 8.81. The molecule has 2 aromatic carbocycles. The van der Waals surface area contributed by atoms with Crippen molar-refractivity contribution in [1.82, 2.24) is 0 Å². The highest BCUT2D eigenvalue weighted by atomic mass is 19.4. The standard InChI is InChI=1S/C20H17F3N2O5/c1-11(19(28)24-14-4-3-5-15(9-14)30-20(21,22)23)25-16-8-13(12(2)26)6-7-17(16)29-10-18(25)27/h3-9,11H,10H2,1-2H3,(H,24,28). The van der Waals surface area contributed by atoms with E-state index in [4.69, 9.17) is 4.74 Å². The Morgan fingerprint density at radius 3 is 2.60 bits per heavy atom. The number of fused-ring (bicyclic) bond motifs is 1. The van der Waals surface area contributed by atoms with Crippen LogP contribution in [0.4, 0.5) is 24.5 Å².